The van der Waals surface area contributed by atoms with Crippen molar-refractivity contribution in [3.63, 3.8) is 0 Å². The molecule has 0 spiro atoms. The van der Waals surface area contributed by atoms with Gasteiger partial charge in [0.2, 0.25) is 0 Å². The number of carboxylic acid groups (broad SMARTS) is 1. The van der Waals surface area contributed by atoms with E-state index in [0.717, 1.165) is 0 Å². The molecule has 0 heterocycles. The fraction of sp³-hybridized carbons (Fsp3) is 0.300. The Balaban J connectivity index is 2.58. The molecule has 1 aromatic rings. The molecule has 0 fully saturated rings. The molecule has 0 unspecified atom stereocenters. The SMILES string of the molecule is COc1ccc(OCCC(=O)O)c(Cl)c1. The summed E-state index contributed by atoms with van der Waals surface area (Å²) >= 11 is 5.87. The molecule has 0 radical (unpaired) electrons. The van der Waals surface area contributed by atoms with E-state index in [2.05, 4.69) is 0 Å². The van der Waals surface area contributed by atoms with Gasteiger partial charge in [-0.15, -0.1) is 0 Å². The Morgan fingerprint density at radius 2 is 2.27 bits per heavy atom. The van der Waals surface area contributed by atoms with Crippen LogP contribution in [0.25, 0.3) is 0 Å². The molecular formula is C10H11ClO4. The van der Waals surface area contributed by atoms with Gasteiger partial charge in [-0.05, 0) is 12.1 Å². The molecule has 0 saturated heterocycles. The second-order valence-electron chi connectivity index (χ2n) is 2.79. The van der Waals surface area contributed by atoms with E-state index in [0.29, 0.717) is 16.5 Å². The number of benzene rings is 1. The summed E-state index contributed by atoms with van der Waals surface area (Å²) in [6.45, 7) is 0.0986. The van der Waals surface area contributed by atoms with Gasteiger partial charge in [-0.2, -0.15) is 0 Å². The molecule has 4 nitrogen and oxygen atoms in total. The number of hydrogen-bond donors (Lipinski definition) is 1. The van der Waals surface area contributed by atoms with Gasteiger partial charge in [-0.25, -0.2) is 0 Å². The summed E-state index contributed by atoms with van der Waals surface area (Å²) < 4.78 is 10.1. The van der Waals surface area contributed by atoms with Crippen molar-refractivity contribution in [3.8, 4) is 11.5 Å². The first-order valence-corrected chi connectivity index (χ1v) is 4.69. The number of ether oxygens (including phenoxy) is 2. The zero-order chi connectivity index (χ0) is 11.3. The maximum atomic E-state index is 10.2. The number of halogens is 1. The standard InChI is InChI=1S/C10H11ClO4/c1-14-7-2-3-9(8(11)6-7)15-5-4-10(12)13/h2-3,6H,4-5H2,1H3,(H,12,13). The third-order valence-electron chi connectivity index (χ3n) is 1.71. The fourth-order valence-electron chi connectivity index (χ4n) is 0.974. The van der Waals surface area contributed by atoms with Crippen molar-refractivity contribution in [1.29, 1.82) is 0 Å². The van der Waals surface area contributed by atoms with Crippen molar-refractivity contribution in [3.05, 3.63) is 23.2 Å². The van der Waals surface area contributed by atoms with Gasteiger partial charge in [-0.1, -0.05) is 11.6 Å². The van der Waals surface area contributed by atoms with Gasteiger partial charge in [0.1, 0.15) is 11.5 Å². The van der Waals surface area contributed by atoms with E-state index in [-0.39, 0.29) is 13.0 Å². The van der Waals surface area contributed by atoms with Gasteiger partial charge >= 0.3 is 5.97 Å². The van der Waals surface area contributed by atoms with Crippen LogP contribution in [0, 0.1) is 0 Å². The average Bonchev–Trinajstić information content (AvgIpc) is 2.20. The van der Waals surface area contributed by atoms with E-state index in [1.807, 2.05) is 0 Å². The van der Waals surface area contributed by atoms with Crippen LogP contribution in [0.3, 0.4) is 0 Å². The Kier molecular flexibility index (Phi) is 4.24. The van der Waals surface area contributed by atoms with Crippen LogP contribution in [-0.2, 0) is 4.79 Å². The van der Waals surface area contributed by atoms with Gasteiger partial charge in [-0.3, -0.25) is 4.79 Å². The lowest BCUT2D eigenvalue weighted by molar-refractivity contribution is -0.137. The third kappa shape index (κ3) is 3.67. The Morgan fingerprint density at radius 1 is 1.53 bits per heavy atom. The molecule has 0 saturated carbocycles. The number of carbonyl (C=O) groups is 1. The molecule has 0 atom stereocenters. The van der Waals surface area contributed by atoms with Crippen molar-refractivity contribution in [2.45, 2.75) is 6.42 Å². The van der Waals surface area contributed by atoms with Crippen molar-refractivity contribution >= 4 is 17.6 Å². The molecule has 5 heteroatoms. The number of carboxylic acids is 1. The topological polar surface area (TPSA) is 55.8 Å². The maximum Gasteiger partial charge on any atom is 0.306 e. The Hall–Kier alpha value is -1.42. The van der Waals surface area contributed by atoms with Gasteiger partial charge in [0.25, 0.3) is 0 Å². The van der Waals surface area contributed by atoms with E-state index >= 15 is 0 Å². The number of hydrogen-bond acceptors (Lipinski definition) is 3. The van der Waals surface area contributed by atoms with Crippen molar-refractivity contribution in [1.82, 2.24) is 0 Å². The molecular weight excluding hydrogens is 220 g/mol. The molecule has 0 aliphatic heterocycles. The van der Waals surface area contributed by atoms with Gasteiger partial charge in [0.05, 0.1) is 25.2 Å². The molecule has 0 aliphatic rings. The van der Waals surface area contributed by atoms with Crippen LogP contribution >= 0.6 is 11.6 Å². The van der Waals surface area contributed by atoms with Crippen LogP contribution in [0.4, 0.5) is 0 Å². The van der Waals surface area contributed by atoms with Gasteiger partial charge in [0, 0.05) is 6.07 Å². The molecule has 15 heavy (non-hydrogen) atoms. The first kappa shape index (κ1) is 11.7. The lowest BCUT2D eigenvalue weighted by Crippen LogP contribution is -2.04. The largest absolute Gasteiger partial charge is 0.497 e. The summed E-state index contributed by atoms with van der Waals surface area (Å²) in [5.74, 6) is 0.184. The normalized spacial score (nSPS) is 9.73. The highest BCUT2D eigenvalue weighted by atomic mass is 35.5. The van der Waals surface area contributed by atoms with Crippen LogP contribution in [0.15, 0.2) is 18.2 Å². The number of aliphatic carboxylic acids is 1. The zero-order valence-corrected chi connectivity index (χ0v) is 8.95. The molecule has 0 amide bonds. The van der Waals surface area contributed by atoms with E-state index in [1.165, 1.54) is 7.11 Å². The first-order chi connectivity index (χ1) is 7.13. The van der Waals surface area contributed by atoms with Crippen LogP contribution in [-0.4, -0.2) is 24.8 Å². The number of methoxy groups -OCH3 is 1. The third-order valence-corrected chi connectivity index (χ3v) is 2.01. The molecule has 0 aliphatic carbocycles. The van der Waals surface area contributed by atoms with Crippen LogP contribution in [0.1, 0.15) is 6.42 Å². The summed E-state index contributed by atoms with van der Waals surface area (Å²) in [5, 5.41) is 8.81. The fourth-order valence-corrected chi connectivity index (χ4v) is 1.20. The molecule has 1 N–H and O–H groups in total. The van der Waals surface area contributed by atoms with Crippen molar-refractivity contribution in [2.24, 2.45) is 0 Å². The van der Waals surface area contributed by atoms with E-state index in [1.54, 1.807) is 18.2 Å². The monoisotopic (exact) mass is 230 g/mol. The van der Waals surface area contributed by atoms with Gasteiger partial charge < -0.3 is 14.6 Å². The minimum absolute atomic E-state index is 0.0532. The predicted octanol–water partition coefficient (Wildman–Crippen LogP) is 2.20. The minimum Gasteiger partial charge on any atom is -0.497 e. The van der Waals surface area contributed by atoms with E-state index < -0.39 is 5.97 Å². The van der Waals surface area contributed by atoms with E-state index in [9.17, 15) is 4.79 Å². The first-order valence-electron chi connectivity index (χ1n) is 4.31. The summed E-state index contributed by atoms with van der Waals surface area (Å²) in [4.78, 5) is 10.2. The molecule has 0 bridgehead atoms. The average molecular weight is 231 g/mol. The summed E-state index contributed by atoms with van der Waals surface area (Å²) in [5.41, 5.74) is 0. The highest BCUT2D eigenvalue weighted by Gasteiger charge is 2.04. The lowest BCUT2D eigenvalue weighted by atomic mass is 10.3. The summed E-state index contributed by atoms with van der Waals surface area (Å²) in [6, 6.07) is 4.95. The van der Waals surface area contributed by atoms with Crippen LogP contribution < -0.4 is 9.47 Å². The predicted molar refractivity (Wildman–Crippen MR) is 55.8 cm³/mol. The highest BCUT2D eigenvalue weighted by molar-refractivity contribution is 6.32. The second kappa shape index (κ2) is 5.46. The summed E-state index contributed by atoms with van der Waals surface area (Å²) in [7, 11) is 1.54. The van der Waals surface area contributed by atoms with E-state index in [4.69, 9.17) is 26.2 Å². The quantitative estimate of drug-likeness (QED) is 0.843. The molecule has 1 rings (SSSR count). The maximum absolute atomic E-state index is 10.2. The molecule has 1 aromatic carbocycles. The minimum atomic E-state index is -0.903. The Bertz CT molecular complexity index is 351. The van der Waals surface area contributed by atoms with Crippen LogP contribution in [0.5, 0.6) is 11.5 Å². The Morgan fingerprint density at radius 3 is 2.80 bits per heavy atom. The zero-order valence-electron chi connectivity index (χ0n) is 8.20. The van der Waals surface area contributed by atoms with Crippen molar-refractivity contribution < 1.29 is 19.4 Å². The lowest BCUT2D eigenvalue weighted by Gasteiger charge is -2.07. The van der Waals surface area contributed by atoms with Crippen molar-refractivity contribution in [2.75, 3.05) is 13.7 Å². The van der Waals surface area contributed by atoms with Crippen LogP contribution in [0.2, 0.25) is 5.02 Å². The summed E-state index contributed by atoms with van der Waals surface area (Å²) in [6.07, 6.45) is -0.0532. The Labute approximate surface area is 92.4 Å². The van der Waals surface area contributed by atoms with Gasteiger partial charge in [0.15, 0.2) is 0 Å². The highest BCUT2D eigenvalue weighted by Crippen LogP contribution is 2.28. The molecule has 82 valence electrons. The smallest absolute Gasteiger partial charge is 0.306 e. The number of rotatable bonds is 5. The second-order valence-corrected chi connectivity index (χ2v) is 3.20. The molecule has 0 aromatic heterocycles.